The highest BCUT2D eigenvalue weighted by atomic mass is 16.5. The Labute approximate surface area is 187 Å². The van der Waals surface area contributed by atoms with Crippen LogP contribution in [0.15, 0.2) is 23.3 Å². The first-order valence-corrected chi connectivity index (χ1v) is 12.1. The van der Waals surface area contributed by atoms with Gasteiger partial charge in [-0.1, -0.05) is 51.0 Å². The number of aliphatic hydroxyl groups is 1. The first-order valence-electron chi connectivity index (χ1n) is 12.1. The van der Waals surface area contributed by atoms with Gasteiger partial charge in [-0.15, -0.1) is 0 Å². The summed E-state index contributed by atoms with van der Waals surface area (Å²) >= 11 is 0. The van der Waals surface area contributed by atoms with Gasteiger partial charge in [0.2, 0.25) is 0 Å². The molecule has 0 bridgehead atoms. The van der Waals surface area contributed by atoms with Crippen LogP contribution in [0.4, 0.5) is 0 Å². The number of Topliss-reactive ketones (excluding diaryl/α,β-unsaturated/α-hetero) is 1. The zero-order valence-electron chi connectivity index (χ0n) is 20.2. The average Bonchev–Trinajstić information content (AvgIpc) is 3.03. The Bertz CT molecular complexity index is 836. The molecule has 2 fully saturated rings. The van der Waals surface area contributed by atoms with Crippen LogP contribution in [0, 0.1) is 40.4 Å². The number of ether oxygens (including phenoxy) is 1. The lowest BCUT2D eigenvalue weighted by molar-refractivity contribution is -0.144. The maximum atomic E-state index is 13.8. The molecule has 0 aromatic heterocycles. The highest BCUT2D eigenvalue weighted by Crippen LogP contribution is 2.65. The van der Waals surface area contributed by atoms with Gasteiger partial charge in [-0.2, -0.15) is 0 Å². The molecule has 0 aromatic carbocycles. The van der Waals surface area contributed by atoms with Crippen LogP contribution in [0.25, 0.3) is 0 Å². The fourth-order valence-electron chi connectivity index (χ4n) is 7.78. The Hall–Kier alpha value is -1.42. The van der Waals surface area contributed by atoms with E-state index in [1.165, 1.54) is 18.3 Å². The number of hydrogen-bond donors (Lipinski definition) is 1. The quantitative estimate of drug-likeness (QED) is 0.491. The molecule has 4 nitrogen and oxygen atoms in total. The van der Waals surface area contributed by atoms with Crippen molar-refractivity contribution in [3.63, 3.8) is 0 Å². The number of carbonyl (C=O) groups excluding carboxylic acids is 2. The second-order valence-corrected chi connectivity index (χ2v) is 11.8. The minimum Gasteiger partial charge on any atom is -0.469 e. The Balaban J connectivity index is 1.61. The summed E-state index contributed by atoms with van der Waals surface area (Å²) in [6, 6.07) is 0. The number of fused-ring (bicyclic) bond motifs is 5. The van der Waals surface area contributed by atoms with Crippen LogP contribution in [0.2, 0.25) is 0 Å². The largest absolute Gasteiger partial charge is 0.469 e. The van der Waals surface area contributed by atoms with Gasteiger partial charge < -0.3 is 9.84 Å². The molecule has 8 atom stereocenters. The van der Waals surface area contributed by atoms with Gasteiger partial charge in [-0.3, -0.25) is 9.59 Å². The van der Waals surface area contributed by atoms with E-state index in [2.05, 4.69) is 39.8 Å². The van der Waals surface area contributed by atoms with E-state index in [0.717, 1.165) is 25.7 Å². The number of carbonyl (C=O) groups is 2. The number of esters is 1. The topological polar surface area (TPSA) is 63.6 Å². The lowest BCUT2D eigenvalue weighted by Gasteiger charge is -2.58. The fraction of sp³-hybridized carbons (Fsp3) is 0.778. The van der Waals surface area contributed by atoms with Crippen LogP contribution in [-0.4, -0.2) is 29.6 Å². The van der Waals surface area contributed by atoms with Crippen LogP contribution in [-0.2, 0) is 14.3 Å². The second kappa shape index (κ2) is 7.57. The summed E-state index contributed by atoms with van der Waals surface area (Å²) in [5.41, 5.74) is 1.85. The Morgan fingerprint density at radius 2 is 1.84 bits per heavy atom. The molecule has 2 saturated carbocycles. The van der Waals surface area contributed by atoms with Gasteiger partial charge in [-0.05, 0) is 73.5 Å². The van der Waals surface area contributed by atoms with Crippen LogP contribution < -0.4 is 0 Å². The molecule has 0 amide bonds. The number of rotatable bonds is 4. The number of ketones is 1. The van der Waals surface area contributed by atoms with Gasteiger partial charge in [0.1, 0.15) is 5.78 Å². The summed E-state index contributed by atoms with van der Waals surface area (Å²) in [4.78, 5) is 25.6. The molecule has 0 radical (unpaired) electrons. The average molecular weight is 429 g/mol. The van der Waals surface area contributed by atoms with Crippen molar-refractivity contribution in [2.45, 2.75) is 85.2 Å². The van der Waals surface area contributed by atoms with Crippen molar-refractivity contribution in [3.05, 3.63) is 23.3 Å². The molecule has 4 aliphatic rings. The molecule has 31 heavy (non-hydrogen) atoms. The van der Waals surface area contributed by atoms with Crippen molar-refractivity contribution in [2.24, 2.45) is 40.4 Å². The lowest BCUT2D eigenvalue weighted by Crippen LogP contribution is -2.55. The molecule has 4 rings (SSSR count). The summed E-state index contributed by atoms with van der Waals surface area (Å²) in [7, 11) is 1.45. The van der Waals surface area contributed by atoms with Crippen LogP contribution >= 0.6 is 0 Å². The molecule has 172 valence electrons. The molecule has 0 saturated heterocycles. The standard InChI is InChI=1S/C27H40O4/c1-16(13-23(29)31-6)17(2)20-9-10-21-19-8-7-18-14-25(3,30)11-12-26(18,4)24(19)22(28)15-27(20,21)5/h7,9,16-17,19,21,24,30H,8,10-15H2,1-6H3/t16?,17-,19+,21+,24-,25+,26+,27-/m1/s1. The summed E-state index contributed by atoms with van der Waals surface area (Å²) in [5.74, 6) is 1.64. The minimum atomic E-state index is -0.641. The predicted octanol–water partition coefficient (Wildman–Crippen LogP) is 5.25. The monoisotopic (exact) mass is 428 g/mol. The molecule has 0 aromatic rings. The molecule has 0 spiro atoms. The first-order chi connectivity index (χ1) is 14.4. The van der Waals surface area contributed by atoms with Crippen LogP contribution in [0.5, 0.6) is 0 Å². The van der Waals surface area contributed by atoms with E-state index in [4.69, 9.17) is 4.74 Å². The van der Waals surface area contributed by atoms with E-state index in [0.29, 0.717) is 36.9 Å². The van der Waals surface area contributed by atoms with Gasteiger partial charge in [-0.25, -0.2) is 0 Å². The third-order valence-electron chi connectivity index (χ3n) is 9.77. The smallest absolute Gasteiger partial charge is 0.305 e. The van der Waals surface area contributed by atoms with E-state index < -0.39 is 5.60 Å². The summed E-state index contributed by atoms with van der Waals surface area (Å²) in [6.07, 6.45) is 10.1. The van der Waals surface area contributed by atoms with Gasteiger partial charge in [0.25, 0.3) is 0 Å². The molecular weight excluding hydrogens is 388 g/mol. The summed E-state index contributed by atoms with van der Waals surface area (Å²) in [5, 5.41) is 10.6. The number of methoxy groups -OCH3 is 1. The third-order valence-corrected chi connectivity index (χ3v) is 9.77. The van der Waals surface area contributed by atoms with Gasteiger partial charge in [0.05, 0.1) is 12.7 Å². The predicted molar refractivity (Wildman–Crippen MR) is 121 cm³/mol. The van der Waals surface area contributed by atoms with Crippen molar-refractivity contribution in [1.29, 1.82) is 0 Å². The van der Waals surface area contributed by atoms with Crippen LogP contribution in [0.3, 0.4) is 0 Å². The molecule has 1 N–H and O–H groups in total. The zero-order valence-corrected chi connectivity index (χ0v) is 20.2. The first kappa shape index (κ1) is 22.8. The van der Waals surface area contributed by atoms with Gasteiger partial charge >= 0.3 is 5.97 Å². The van der Waals surface area contributed by atoms with Crippen molar-refractivity contribution >= 4 is 11.8 Å². The highest BCUT2D eigenvalue weighted by molar-refractivity contribution is 5.85. The fourth-order valence-corrected chi connectivity index (χ4v) is 7.78. The van der Waals surface area contributed by atoms with Crippen molar-refractivity contribution < 1.29 is 19.4 Å². The molecule has 0 aliphatic heterocycles. The second-order valence-electron chi connectivity index (χ2n) is 11.8. The van der Waals surface area contributed by atoms with Gasteiger partial charge in [0, 0.05) is 18.8 Å². The van der Waals surface area contributed by atoms with Crippen molar-refractivity contribution in [3.8, 4) is 0 Å². The maximum absolute atomic E-state index is 13.8. The van der Waals surface area contributed by atoms with E-state index in [1.54, 1.807) is 0 Å². The molecule has 1 unspecified atom stereocenters. The zero-order chi connectivity index (χ0) is 22.8. The lowest BCUT2D eigenvalue weighted by atomic mass is 9.46. The van der Waals surface area contributed by atoms with Crippen molar-refractivity contribution in [2.75, 3.05) is 7.11 Å². The Morgan fingerprint density at radius 3 is 2.52 bits per heavy atom. The minimum absolute atomic E-state index is 0.0808. The highest BCUT2D eigenvalue weighted by Gasteiger charge is 2.61. The summed E-state index contributed by atoms with van der Waals surface area (Å²) in [6.45, 7) is 10.9. The molecular formula is C27H40O4. The SMILES string of the molecule is COC(=O)CC(C)[C@@H](C)C1=CC[C@H]2[C@@H]3CC=C4C[C@@](C)(O)CC[C@]4(C)[C@H]3C(=O)C[C@]12C. The van der Waals surface area contributed by atoms with Gasteiger partial charge in [0.15, 0.2) is 0 Å². The third kappa shape index (κ3) is 3.53. The Kier molecular flexibility index (Phi) is 5.56. The normalized spacial score (nSPS) is 43.7. The van der Waals surface area contributed by atoms with E-state index >= 15 is 0 Å². The van der Waals surface area contributed by atoms with E-state index in [9.17, 15) is 14.7 Å². The van der Waals surface area contributed by atoms with Crippen molar-refractivity contribution in [1.82, 2.24) is 0 Å². The van der Waals surface area contributed by atoms with E-state index in [-0.39, 0.29) is 34.6 Å². The maximum Gasteiger partial charge on any atom is 0.305 e. The molecule has 0 heterocycles. The number of hydrogen-bond acceptors (Lipinski definition) is 4. The van der Waals surface area contributed by atoms with E-state index in [1.807, 2.05) is 6.92 Å². The number of allylic oxidation sites excluding steroid dienone is 3. The molecule has 4 heteroatoms. The Morgan fingerprint density at radius 1 is 1.13 bits per heavy atom. The summed E-state index contributed by atoms with van der Waals surface area (Å²) < 4.78 is 4.89. The molecule has 4 aliphatic carbocycles. The van der Waals surface area contributed by atoms with Crippen LogP contribution in [0.1, 0.15) is 79.6 Å².